The van der Waals surface area contributed by atoms with Crippen molar-refractivity contribution in [3.63, 3.8) is 0 Å². The van der Waals surface area contributed by atoms with Gasteiger partial charge in [0.1, 0.15) is 5.50 Å². The molecule has 2 atom stereocenters. The summed E-state index contributed by atoms with van der Waals surface area (Å²) in [4.78, 5) is 0. The Bertz CT molecular complexity index is 80.1. The number of aliphatic hydroxyl groups is 1. The first kappa shape index (κ1) is 10.5. The molecule has 62 valence electrons. The zero-order chi connectivity index (χ0) is 7.98. The van der Waals surface area contributed by atoms with Gasteiger partial charge in [-0.05, 0) is 19.9 Å². The minimum atomic E-state index is -0.517. The average Bonchev–Trinajstić information content (AvgIpc) is 1.88. The average molecular weight is 186 g/mol. The molecule has 0 fully saturated rings. The van der Waals surface area contributed by atoms with Crippen LogP contribution in [0.2, 0.25) is 0 Å². The van der Waals surface area contributed by atoms with Gasteiger partial charge < -0.3 is 5.11 Å². The number of alkyl halides is 2. The molecule has 0 aromatic rings. The minimum Gasteiger partial charge on any atom is -0.390 e. The van der Waals surface area contributed by atoms with Crippen molar-refractivity contribution in [3.8, 4) is 0 Å². The lowest BCUT2D eigenvalue weighted by Crippen LogP contribution is -2.34. The van der Waals surface area contributed by atoms with Crippen molar-refractivity contribution in [3.05, 3.63) is 0 Å². The SMILES string of the molecule is CC(O)C(Cl)NCCCCl. The number of nitrogens with one attached hydrogen (secondary N) is 1. The first-order valence-corrected chi connectivity index (χ1v) is 4.27. The second-order valence-corrected chi connectivity index (χ2v) is 2.99. The van der Waals surface area contributed by atoms with Gasteiger partial charge in [-0.25, -0.2) is 0 Å². The van der Waals surface area contributed by atoms with E-state index in [0.29, 0.717) is 5.88 Å². The maximum absolute atomic E-state index is 8.89. The Morgan fingerprint density at radius 1 is 1.60 bits per heavy atom. The van der Waals surface area contributed by atoms with Crippen LogP contribution >= 0.6 is 23.2 Å². The van der Waals surface area contributed by atoms with Gasteiger partial charge in [-0.3, -0.25) is 5.32 Å². The molecule has 0 aliphatic rings. The first-order chi connectivity index (χ1) is 4.68. The van der Waals surface area contributed by atoms with E-state index in [9.17, 15) is 0 Å². The van der Waals surface area contributed by atoms with Crippen molar-refractivity contribution < 1.29 is 5.11 Å². The Labute approximate surface area is 71.5 Å². The molecule has 0 rings (SSSR count). The molecular weight excluding hydrogens is 173 g/mol. The van der Waals surface area contributed by atoms with E-state index in [1.165, 1.54) is 0 Å². The van der Waals surface area contributed by atoms with Gasteiger partial charge in [0.15, 0.2) is 0 Å². The Hall–Kier alpha value is 0.500. The fourth-order valence-corrected chi connectivity index (χ4v) is 0.720. The summed E-state index contributed by atoms with van der Waals surface area (Å²) >= 11 is 11.1. The highest BCUT2D eigenvalue weighted by Gasteiger charge is 2.08. The summed E-state index contributed by atoms with van der Waals surface area (Å²) in [5, 5.41) is 11.8. The van der Waals surface area contributed by atoms with E-state index in [4.69, 9.17) is 28.3 Å². The van der Waals surface area contributed by atoms with E-state index < -0.39 is 6.10 Å². The zero-order valence-corrected chi connectivity index (χ0v) is 7.49. The van der Waals surface area contributed by atoms with Crippen molar-refractivity contribution in [2.45, 2.75) is 24.9 Å². The topological polar surface area (TPSA) is 32.3 Å². The summed E-state index contributed by atoms with van der Waals surface area (Å²) in [6.07, 6.45) is 0.356. The van der Waals surface area contributed by atoms with Crippen molar-refractivity contribution in [2.24, 2.45) is 0 Å². The summed E-state index contributed by atoms with van der Waals surface area (Å²) < 4.78 is 0. The van der Waals surface area contributed by atoms with Gasteiger partial charge in [-0.1, -0.05) is 0 Å². The van der Waals surface area contributed by atoms with E-state index in [0.717, 1.165) is 13.0 Å². The molecule has 2 unspecified atom stereocenters. The Balaban J connectivity index is 3.13. The lowest BCUT2D eigenvalue weighted by atomic mass is 10.4. The molecule has 0 bridgehead atoms. The van der Waals surface area contributed by atoms with Gasteiger partial charge in [0.25, 0.3) is 0 Å². The highest BCUT2D eigenvalue weighted by Crippen LogP contribution is 1.97. The number of aliphatic hydroxyl groups excluding tert-OH is 1. The van der Waals surface area contributed by atoms with Crippen LogP contribution in [-0.4, -0.2) is 29.1 Å². The minimum absolute atomic E-state index is 0.358. The number of hydrogen-bond donors (Lipinski definition) is 2. The van der Waals surface area contributed by atoms with Crippen molar-refractivity contribution >= 4 is 23.2 Å². The van der Waals surface area contributed by atoms with Gasteiger partial charge in [0, 0.05) is 5.88 Å². The summed E-state index contributed by atoms with van der Waals surface area (Å²) in [5.74, 6) is 0.621. The largest absolute Gasteiger partial charge is 0.390 e. The van der Waals surface area contributed by atoms with Crippen LogP contribution in [0.5, 0.6) is 0 Å². The molecular formula is C6H13Cl2NO. The van der Waals surface area contributed by atoms with Crippen LogP contribution < -0.4 is 5.32 Å². The van der Waals surface area contributed by atoms with Gasteiger partial charge >= 0.3 is 0 Å². The zero-order valence-electron chi connectivity index (χ0n) is 5.98. The summed E-state index contributed by atoms with van der Waals surface area (Å²) in [7, 11) is 0. The van der Waals surface area contributed by atoms with Gasteiger partial charge in [-0.15, -0.1) is 23.2 Å². The Morgan fingerprint density at radius 2 is 2.20 bits per heavy atom. The van der Waals surface area contributed by atoms with E-state index in [1.807, 2.05) is 0 Å². The van der Waals surface area contributed by atoms with E-state index >= 15 is 0 Å². The smallest absolute Gasteiger partial charge is 0.108 e. The van der Waals surface area contributed by atoms with Crippen LogP contribution in [0, 0.1) is 0 Å². The summed E-state index contributed by atoms with van der Waals surface area (Å²) in [5.41, 5.74) is -0.358. The normalized spacial score (nSPS) is 16.8. The van der Waals surface area contributed by atoms with Crippen LogP contribution in [0.15, 0.2) is 0 Å². The molecule has 2 N–H and O–H groups in total. The fourth-order valence-electron chi connectivity index (χ4n) is 0.477. The van der Waals surface area contributed by atoms with Gasteiger partial charge in [0.2, 0.25) is 0 Å². The summed E-state index contributed by atoms with van der Waals surface area (Å²) in [6.45, 7) is 2.40. The number of halogens is 2. The molecule has 0 aromatic heterocycles. The quantitative estimate of drug-likeness (QED) is 0.383. The molecule has 0 amide bonds. The third-order valence-electron chi connectivity index (χ3n) is 1.07. The van der Waals surface area contributed by atoms with Crippen LogP contribution in [0.1, 0.15) is 13.3 Å². The van der Waals surface area contributed by atoms with Gasteiger partial charge in [0.05, 0.1) is 6.10 Å². The predicted molar refractivity (Wildman–Crippen MR) is 44.7 cm³/mol. The molecule has 0 aromatic carbocycles. The van der Waals surface area contributed by atoms with E-state index in [1.54, 1.807) is 6.92 Å². The lowest BCUT2D eigenvalue weighted by molar-refractivity contribution is 0.177. The monoisotopic (exact) mass is 185 g/mol. The molecule has 0 saturated heterocycles. The molecule has 0 aliphatic carbocycles. The fraction of sp³-hybridized carbons (Fsp3) is 1.00. The molecule has 0 spiro atoms. The summed E-state index contributed by atoms with van der Waals surface area (Å²) in [6, 6.07) is 0. The first-order valence-electron chi connectivity index (χ1n) is 3.30. The Morgan fingerprint density at radius 3 is 2.60 bits per heavy atom. The maximum Gasteiger partial charge on any atom is 0.108 e. The highest BCUT2D eigenvalue weighted by atomic mass is 35.5. The molecule has 2 nitrogen and oxygen atoms in total. The van der Waals surface area contributed by atoms with Crippen LogP contribution in [0.25, 0.3) is 0 Å². The van der Waals surface area contributed by atoms with Crippen LogP contribution in [0.3, 0.4) is 0 Å². The van der Waals surface area contributed by atoms with Crippen LogP contribution in [0.4, 0.5) is 0 Å². The molecule has 10 heavy (non-hydrogen) atoms. The van der Waals surface area contributed by atoms with Gasteiger partial charge in [-0.2, -0.15) is 0 Å². The molecule has 4 heteroatoms. The third-order valence-corrected chi connectivity index (χ3v) is 1.86. The molecule has 0 saturated carbocycles. The van der Waals surface area contributed by atoms with E-state index in [2.05, 4.69) is 5.32 Å². The molecule has 0 radical (unpaired) electrons. The van der Waals surface area contributed by atoms with Crippen molar-refractivity contribution in [1.82, 2.24) is 5.32 Å². The number of rotatable bonds is 5. The van der Waals surface area contributed by atoms with Crippen molar-refractivity contribution in [2.75, 3.05) is 12.4 Å². The lowest BCUT2D eigenvalue weighted by Gasteiger charge is -2.13. The molecule has 0 heterocycles. The second kappa shape index (κ2) is 6.23. The van der Waals surface area contributed by atoms with E-state index in [-0.39, 0.29) is 5.50 Å². The standard InChI is InChI=1S/C6H13Cl2NO/c1-5(10)6(8)9-4-2-3-7/h5-6,9-10H,2-4H2,1H3. The predicted octanol–water partition coefficient (Wildman–Crippen LogP) is 1.15. The molecule has 0 aliphatic heterocycles. The van der Waals surface area contributed by atoms with Crippen molar-refractivity contribution in [1.29, 1.82) is 0 Å². The highest BCUT2D eigenvalue weighted by molar-refractivity contribution is 6.20. The number of hydrogen-bond acceptors (Lipinski definition) is 2. The third kappa shape index (κ3) is 5.30. The van der Waals surface area contributed by atoms with Crippen LogP contribution in [-0.2, 0) is 0 Å². The Kier molecular flexibility index (Phi) is 6.54. The maximum atomic E-state index is 8.89. The second-order valence-electron chi connectivity index (χ2n) is 2.14.